The second-order valence-electron chi connectivity index (χ2n) is 3.16. The molecular weight excluding hydrogens is 170 g/mol. The van der Waals surface area contributed by atoms with E-state index in [4.69, 9.17) is 11.6 Å². The summed E-state index contributed by atoms with van der Waals surface area (Å²) in [4.78, 5) is 3.22. The SMILES string of the molecule is Cc1cc(Cl)c2[nH]c(C)cc2c1. The molecule has 0 aliphatic heterocycles. The van der Waals surface area contributed by atoms with E-state index in [2.05, 4.69) is 17.1 Å². The monoisotopic (exact) mass is 179 g/mol. The number of hydrogen-bond donors (Lipinski definition) is 1. The van der Waals surface area contributed by atoms with Gasteiger partial charge in [-0.3, -0.25) is 0 Å². The number of aromatic amines is 1. The number of aromatic nitrogens is 1. The maximum absolute atomic E-state index is 6.04. The van der Waals surface area contributed by atoms with Crippen molar-refractivity contribution in [2.24, 2.45) is 0 Å². The van der Waals surface area contributed by atoms with Crippen LogP contribution in [0.4, 0.5) is 0 Å². The fourth-order valence-corrected chi connectivity index (χ4v) is 1.81. The third-order valence-electron chi connectivity index (χ3n) is 1.96. The Kier molecular flexibility index (Phi) is 1.62. The molecule has 0 bridgehead atoms. The highest BCUT2D eigenvalue weighted by molar-refractivity contribution is 6.35. The van der Waals surface area contributed by atoms with Gasteiger partial charge in [0.15, 0.2) is 0 Å². The van der Waals surface area contributed by atoms with Crippen LogP contribution in [0, 0.1) is 13.8 Å². The minimum atomic E-state index is 0.804. The van der Waals surface area contributed by atoms with E-state index in [-0.39, 0.29) is 0 Å². The maximum atomic E-state index is 6.04. The van der Waals surface area contributed by atoms with Crippen molar-refractivity contribution >= 4 is 22.5 Å². The van der Waals surface area contributed by atoms with E-state index in [1.165, 1.54) is 10.9 Å². The van der Waals surface area contributed by atoms with Crippen molar-refractivity contribution in [1.29, 1.82) is 0 Å². The van der Waals surface area contributed by atoms with E-state index >= 15 is 0 Å². The third-order valence-corrected chi connectivity index (χ3v) is 2.26. The van der Waals surface area contributed by atoms with Gasteiger partial charge in [-0.1, -0.05) is 11.6 Å². The molecule has 2 rings (SSSR count). The number of hydrogen-bond acceptors (Lipinski definition) is 0. The summed E-state index contributed by atoms with van der Waals surface area (Å²) in [5, 5.41) is 2.00. The third kappa shape index (κ3) is 1.10. The topological polar surface area (TPSA) is 15.8 Å². The summed E-state index contributed by atoms with van der Waals surface area (Å²) in [6.07, 6.45) is 0. The van der Waals surface area contributed by atoms with Crippen LogP contribution in [0.15, 0.2) is 18.2 Å². The van der Waals surface area contributed by atoms with E-state index < -0.39 is 0 Å². The van der Waals surface area contributed by atoms with Gasteiger partial charge >= 0.3 is 0 Å². The summed E-state index contributed by atoms with van der Waals surface area (Å²) in [7, 11) is 0. The van der Waals surface area contributed by atoms with Crippen molar-refractivity contribution in [3.05, 3.63) is 34.5 Å². The van der Waals surface area contributed by atoms with Crippen molar-refractivity contribution in [2.75, 3.05) is 0 Å². The first-order valence-corrected chi connectivity index (χ1v) is 4.30. The zero-order valence-corrected chi connectivity index (χ0v) is 7.87. The average Bonchev–Trinajstić information content (AvgIpc) is 2.29. The van der Waals surface area contributed by atoms with Crippen LogP contribution in [0.1, 0.15) is 11.3 Å². The highest BCUT2D eigenvalue weighted by Gasteiger charge is 2.02. The van der Waals surface area contributed by atoms with E-state index in [0.717, 1.165) is 16.2 Å². The first-order valence-electron chi connectivity index (χ1n) is 3.92. The Hall–Kier alpha value is -0.950. The lowest BCUT2D eigenvalue weighted by Crippen LogP contribution is -1.74. The molecule has 1 N–H and O–H groups in total. The van der Waals surface area contributed by atoms with Crippen LogP contribution in [-0.2, 0) is 0 Å². The van der Waals surface area contributed by atoms with Gasteiger partial charge in [-0.05, 0) is 37.6 Å². The van der Waals surface area contributed by atoms with Crippen LogP contribution >= 0.6 is 11.6 Å². The Labute approximate surface area is 76.4 Å². The molecule has 0 radical (unpaired) electrons. The van der Waals surface area contributed by atoms with Crippen LogP contribution in [0.2, 0.25) is 5.02 Å². The lowest BCUT2D eigenvalue weighted by atomic mass is 10.2. The summed E-state index contributed by atoms with van der Waals surface area (Å²) in [6, 6.07) is 6.21. The van der Waals surface area contributed by atoms with Crippen LogP contribution in [0.3, 0.4) is 0 Å². The van der Waals surface area contributed by atoms with Gasteiger partial charge in [0.1, 0.15) is 0 Å². The van der Waals surface area contributed by atoms with Gasteiger partial charge in [0.05, 0.1) is 10.5 Å². The smallest absolute Gasteiger partial charge is 0.0649 e. The van der Waals surface area contributed by atoms with Gasteiger partial charge < -0.3 is 4.98 Å². The van der Waals surface area contributed by atoms with Gasteiger partial charge in [0.2, 0.25) is 0 Å². The zero-order chi connectivity index (χ0) is 8.72. The molecule has 1 nitrogen and oxygen atoms in total. The highest BCUT2D eigenvalue weighted by Crippen LogP contribution is 2.24. The number of fused-ring (bicyclic) bond motifs is 1. The Bertz CT molecular complexity index is 429. The number of nitrogens with one attached hydrogen (secondary N) is 1. The van der Waals surface area contributed by atoms with E-state index in [9.17, 15) is 0 Å². The number of aryl methyl sites for hydroxylation is 2. The Morgan fingerprint density at radius 3 is 2.67 bits per heavy atom. The predicted octanol–water partition coefficient (Wildman–Crippen LogP) is 3.44. The van der Waals surface area contributed by atoms with Gasteiger partial charge in [0, 0.05) is 11.1 Å². The van der Waals surface area contributed by atoms with Crippen molar-refractivity contribution in [2.45, 2.75) is 13.8 Å². The van der Waals surface area contributed by atoms with E-state index in [0.29, 0.717) is 0 Å². The predicted molar refractivity (Wildman–Crippen MR) is 52.8 cm³/mol. The molecule has 0 fully saturated rings. The van der Waals surface area contributed by atoms with Crippen LogP contribution in [-0.4, -0.2) is 4.98 Å². The summed E-state index contributed by atoms with van der Waals surface area (Å²) >= 11 is 6.04. The van der Waals surface area contributed by atoms with Gasteiger partial charge in [-0.2, -0.15) is 0 Å². The van der Waals surface area contributed by atoms with Crippen molar-refractivity contribution in [3.63, 3.8) is 0 Å². The van der Waals surface area contributed by atoms with Gasteiger partial charge in [-0.25, -0.2) is 0 Å². The molecule has 1 aromatic carbocycles. The second-order valence-corrected chi connectivity index (χ2v) is 3.57. The average molecular weight is 180 g/mol. The van der Waals surface area contributed by atoms with Crippen molar-refractivity contribution in [3.8, 4) is 0 Å². The molecule has 12 heavy (non-hydrogen) atoms. The molecule has 0 atom stereocenters. The Morgan fingerprint density at radius 1 is 1.17 bits per heavy atom. The summed E-state index contributed by atoms with van der Waals surface area (Å²) in [5.41, 5.74) is 3.39. The lowest BCUT2D eigenvalue weighted by Gasteiger charge is -1.95. The first-order chi connectivity index (χ1) is 5.66. The molecule has 2 aromatic rings. The van der Waals surface area contributed by atoms with Gasteiger partial charge in [0.25, 0.3) is 0 Å². The largest absolute Gasteiger partial charge is 0.357 e. The van der Waals surface area contributed by atoms with Crippen molar-refractivity contribution < 1.29 is 0 Å². The number of halogens is 1. The molecule has 2 heteroatoms. The highest BCUT2D eigenvalue weighted by atomic mass is 35.5. The number of H-pyrrole nitrogens is 1. The van der Waals surface area contributed by atoms with Crippen LogP contribution < -0.4 is 0 Å². The molecule has 0 unspecified atom stereocenters. The maximum Gasteiger partial charge on any atom is 0.0649 e. The Morgan fingerprint density at radius 2 is 1.92 bits per heavy atom. The molecule has 1 aromatic heterocycles. The Balaban J connectivity index is 2.88. The molecule has 0 saturated carbocycles. The standard InChI is InChI=1S/C10H10ClN/c1-6-3-8-5-7(2)12-10(8)9(11)4-6/h3-5,12H,1-2H3. The lowest BCUT2D eigenvalue weighted by molar-refractivity contribution is 1.30. The molecule has 0 spiro atoms. The van der Waals surface area contributed by atoms with E-state index in [1.807, 2.05) is 19.9 Å². The van der Waals surface area contributed by atoms with Crippen LogP contribution in [0.5, 0.6) is 0 Å². The molecule has 0 aliphatic rings. The molecule has 1 heterocycles. The summed E-state index contributed by atoms with van der Waals surface area (Å²) in [5.74, 6) is 0. The number of benzene rings is 1. The minimum absolute atomic E-state index is 0.804. The van der Waals surface area contributed by atoms with E-state index in [1.54, 1.807) is 0 Å². The zero-order valence-electron chi connectivity index (χ0n) is 7.11. The molecule has 0 aliphatic carbocycles. The second kappa shape index (κ2) is 2.53. The minimum Gasteiger partial charge on any atom is -0.357 e. The molecular formula is C10H10ClN. The summed E-state index contributed by atoms with van der Waals surface area (Å²) in [6.45, 7) is 4.08. The summed E-state index contributed by atoms with van der Waals surface area (Å²) < 4.78 is 0. The van der Waals surface area contributed by atoms with Crippen molar-refractivity contribution in [1.82, 2.24) is 4.98 Å². The normalized spacial score (nSPS) is 10.9. The molecule has 0 saturated heterocycles. The molecule has 62 valence electrons. The van der Waals surface area contributed by atoms with Gasteiger partial charge in [-0.15, -0.1) is 0 Å². The molecule has 0 amide bonds. The fraction of sp³-hybridized carbons (Fsp3) is 0.200. The first kappa shape index (κ1) is 7.69. The number of rotatable bonds is 0. The fourth-order valence-electron chi connectivity index (χ4n) is 1.48. The quantitative estimate of drug-likeness (QED) is 0.638. The van der Waals surface area contributed by atoms with Crippen LogP contribution in [0.25, 0.3) is 10.9 Å².